The minimum absolute atomic E-state index is 0.160. The number of nitrogens with one attached hydrogen (secondary N) is 1. The fourth-order valence-corrected chi connectivity index (χ4v) is 5.67. The summed E-state index contributed by atoms with van der Waals surface area (Å²) in [7, 11) is 0. The fourth-order valence-electron chi connectivity index (χ4n) is 5.67. The molecule has 2 aromatic carbocycles. The van der Waals surface area contributed by atoms with Gasteiger partial charge in [0.2, 0.25) is 0 Å². The van der Waals surface area contributed by atoms with Crippen molar-refractivity contribution in [3.8, 4) is 0 Å². The lowest BCUT2D eigenvalue weighted by Gasteiger charge is -2.34. The topological polar surface area (TPSA) is 49.7 Å². The van der Waals surface area contributed by atoms with Gasteiger partial charge in [-0.1, -0.05) is 30.3 Å². The SMILES string of the molecule is FC(F)(F)c1ccc2nc(CN(CCCCn3cc4ccccc4c3)C3CCCc4cccnc43)[nH]c2c1. The van der Waals surface area contributed by atoms with Crippen LogP contribution >= 0.6 is 0 Å². The molecular weight excluding hydrogens is 487 g/mol. The van der Waals surface area contributed by atoms with Crippen molar-refractivity contribution < 1.29 is 13.2 Å². The van der Waals surface area contributed by atoms with E-state index in [0.717, 1.165) is 63.0 Å². The zero-order valence-corrected chi connectivity index (χ0v) is 21.1. The predicted octanol–water partition coefficient (Wildman–Crippen LogP) is 7.29. The minimum atomic E-state index is -4.38. The van der Waals surface area contributed by atoms with E-state index in [1.54, 1.807) is 0 Å². The highest BCUT2D eigenvalue weighted by Gasteiger charge is 2.31. The molecule has 0 saturated carbocycles. The quantitative estimate of drug-likeness (QED) is 0.220. The zero-order valence-electron chi connectivity index (χ0n) is 21.1. The summed E-state index contributed by atoms with van der Waals surface area (Å²) < 4.78 is 41.9. The molecule has 0 radical (unpaired) electrons. The van der Waals surface area contributed by atoms with Crippen molar-refractivity contribution in [2.75, 3.05) is 6.54 Å². The normalized spacial score (nSPS) is 15.9. The van der Waals surface area contributed by atoms with Crippen molar-refractivity contribution in [1.29, 1.82) is 0 Å². The van der Waals surface area contributed by atoms with Crippen LogP contribution < -0.4 is 0 Å². The molecule has 0 aliphatic heterocycles. The van der Waals surface area contributed by atoms with Gasteiger partial charge in [-0.05, 0) is 79.3 Å². The Morgan fingerprint density at radius 1 is 1.00 bits per heavy atom. The Morgan fingerprint density at radius 3 is 2.61 bits per heavy atom. The Morgan fingerprint density at radius 2 is 1.82 bits per heavy atom. The van der Waals surface area contributed by atoms with Gasteiger partial charge in [0, 0.05) is 25.1 Å². The van der Waals surface area contributed by atoms with Gasteiger partial charge in [-0.15, -0.1) is 0 Å². The molecule has 0 saturated heterocycles. The van der Waals surface area contributed by atoms with Crippen LogP contribution in [0.15, 0.2) is 73.2 Å². The molecule has 8 heteroatoms. The first-order chi connectivity index (χ1) is 18.4. The number of aromatic nitrogens is 4. The molecule has 0 spiro atoms. The number of aryl methyl sites for hydroxylation is 2. The first-order valence-electron chi connectivity index (χ1n) is 13.2. The van der Waals surface area contributed by atoms with Crippen molar-refractivity contribution in [3.05, 3.63) is 95.8 Å². The summed E-state index contributed by atoms with van der Waals surface area (Å²) in [6.07, 6.45) is 6.99. The van der Waals surface area contributed by atoms with Crippen LogP contribution in [0.2, 0.25) is 0 Å². The third-order valence-corrected chi connectivity index (χ3v) is 7.53. The molecule has 0 bridgehead atoms. The average Bonchev–Trinajstić information content (AvgIpc) is 3.52. The number of aromatic amines is 1. The first-order valence-corrected chi connectivity index (χ1v) is 13.2. The highest BCUT2D eigenvalue weighted by Crippen LogP contribution is 2.35. The number of hydrogen-bond acceptors (Lipinski definition) is 3. The van der Waals surface area contributed by atoms with Crippen LogP contribution in [0.25, 0.3) is 21.8 Å². The van der Waals surface area contributed by atoms with E-state index < -0.39 is 11.7 Å². The van der Waals surface area contributed by atoms with Gasteiger partial charge < -0.3 is 9.55 Å². The first kappa shape index (κ1) is 24.7. The van der Waals surface area contributed by atoms with Crippen LogP contribution in [0.4, 0.5) is 13.2 Å². The molecule has 0 amide bonds. The van der Waals surface area contributed by atoms with Gasteiger partial charge >= 0.3 is 6.18 Å². The second kappa shape index (κ2) is 10.3. The number of pyridine rings is 1. The molecule has 1 atom stereocenters. The van der Waals surface area contributed by atoms with E-state index in [2.05, 4.69) is 62.2 Å². The molecule has 3 aromatic heterocycles. The summed E-state index contributed by atoms with van der Waals surface area (Å²) in [4.78, 5) is 14.9. The molecule has 1 aliphatic rings. The Bertz CT molecular complexity index is 1520. The van der Waals surface area contributed by atoms with Gasteiger partial charge in [0.25, 0.3) is 0 Å². The van der Waals surface area contributed by atoms with Crippen molar-refractivity contribution in [2.45, 2.75) is 57.4 Å². The summed E-state index contributed by atoms with van der Waals surface area (Å²) in [5.74, 6) is 0.680. The molecular formula is C30H30F3N5. The Balaban J connectivity index is 1.20. The van der Waals surface area contributed by atoms with E-state index in [1.807, 2.05) is 12.3 Å². The van der Waals surface area contributed by atoms with Gasteiger partial charge in [0.1, 0.15) is 5.82 Å². The van der Waals surface area contributed by atoms with Gasteiger partial charge in [-0.25, -0.2) is 4.98 Å². The highest BCUT2D eigenvalue weighted by atomic mass is 19.4. The average molecular weight is 518 g/mol. The van der Waals surface area contributed by atoms with Crippen LogP contribution in [0.3, 0.4) is 0 Å². The minimum Gasteiger partial charge on any atom is -0.353 e. The number of hydrogen-bond donors (Lipinski definition) is 1. The Labute approximate surface area is 219 Å². The number of halogens is 3. The Hall–Kier alpha value is -3.65. The van der Waals surface area contributed by atoms with Gasteiger partial charge in [-0.2, -0.15) is 13.2 Å². The third kappa shape index (κ3) is 5.18. The maximum absolute atomic E-state index is 13.2. The molecule has 38 heavy (non-hydrogen) atoms. The largest absolute Gasteiger partial charge is 0.416 e. The van der Waals surface area contributed by atoms with Crippen molar-refractivity contribution >= 4 is 21.8 Å². The van der Waals surface area contributed by atoms with Crippen molar-refractivity contribution in [2.24, 2.45) is 0 Å². The number of benzene rings is 2. The smallest absolute Gasteiger partial charge is 0.353 e. The predicted molar refractivity (Wildman–Crippen MR) is 143 cm³/mol. The second-order valence-corrected chi connectivity index (χ2v) is 10.2. The van der Waals surface area contributed by atoms with E-state index in [1.165, 1.54) is 22.4 Å². The monoisotopic (exact) mass is 517 g/mol. The van der Waals surface area contributed by atoms with Crippen molar-refractivity contribution in [1.82, 2.24) is 24.4 Å². The van der Waals surface area contributed by atoms with Gasteiger partial charge in [0.15, 0.2) is 0 Å². The third-order valence-electron chi connectivity index (χ3n) is 7.53. The zero-order chi connectivity index (χ0) is 26.1. The van der Waals surface area contributed by atoms with E-state index in [0.29, 0.717) is 23.4 Å². The summed E-state index contributed by atoms with van der Waals surface area (Å²) >= 11 is 0. The molecule has 1 unspecified atom stereocenters. The van der Waals surface area contributed by atoms with Crippen LogP contribution in [-0.2, 0) is 25.7 Å². The summed E-state index contributed by atoms with van der Waals surface area (Å²) in [6, 6.07) is 16.4. The number of unbranched alkanes of at least 4 members (excludes halogenated alkanes) is 1. The number of alkyl halides is 3. The molecule has 1 aliphatic carbocycles. The van der Waals surface area contributed by atoms with Gasteiger partial charge in [-0.3, -0.25) is 9.88 Å². The lowest BCUT2D eigenvalue weighted by molar-refractivity contribution is -0.137. The lowest BCUT2D eigenvalue weighted by atomic mass is 9.90. The lowest BCUT2D eigenvalue weighted by Crippen LogP contribution is -2.33. The van der Waals surface area contributed by atoms with Gasteiger partial charge in [0.05, 0.1) is 34.9 Å². The van der Waals surface area contributed by atoms with Crippen LogP contribution in [0, 0.1) is 0 Å². The van der Waals surface area contributed by atoms with Crippen LogP contribution in [0.1, 0.15) is 54.4 Å². The summed E-state index contributed by atoms with van der Waals surface area (Å²) in [5.41, 5.74) is 2.70. The number of H-pyrrole nitrogens is 1. The molecule has 3 heterocycles. The molecule has 5 nitrogen and oxygen atoms in total. The maximum atomic E-state index is 13.2. The van der Waals surface area contributed by atoms with Crippen molar-refractivity contribution in [3.63, 3.8) is 0 Å². The van der Waals surface area contributed by atoms with E-state index >= 15 is 0 Å². The van der Waals surface area contributed by atoms with E-state index in [4.69, 9.17) is 4.98 Å². The maximum Gasteiger partial charge on any atom is 0.416 e. The summed E-state index contributed by atoms with van der Waals surface area (Å²) in [6.45, 7) is 2.32. The number of fused-ring (bicyclic) bond motifs is 3. The van der Waals surface area contributed by atoms with Crippen LogP contribution in [-0.4, -0.2) is 31.0 Å². The molecule has 5 aromatic rings. The fraction of sp³-hybridized carbons (Fsp3) is 0.333. The number of imidazole rings is 1. The van der Waals surface area contributed by atoms with E-state index in [9.17, 15) is 13.2 Å². The molecule has 1 N–H and O–H groups in total. The number of nitrogens with zero attached hydrogens (tertiary/aromatic N) is 4. The van der Waals surface area contributed by atoms with E-state index in [-0.39, 0.29) is 6.04 Å². The number of rotatable bonds is 8. The second-order valence-electron chi connectivity index (χ2n) is 10.2. The molecule has 6 rings (SSSR count). The summed E-state index contributed by atoms with van der Waals surface area (Å²) in [5, 5.41) is 2.50. The Kier molecular flexibility index (Phi) is 6.66. The standard InChI is InChI=1S/C30H30F3N5/c31-30(32,33)24-12-13-25-26(17-24)36-28(35-25)20-38(27-11-5-9-21-10-6-14-34-29(21)27)16-4-3-15-37-18-22-7-1-2-8-23(22)19-37/h1-2,6-8,10,12-14,17-19,27H,3-5,9,11,15-16,20H2,(H,35,36). The highest BCUT2D eigenvalue weighted by molar-refractivity contribution is 5.82. The molecule has 0 fully saturated rings. The van der Waals surface area contributed by atoms with Crippen LogP contribution in [0.5, 0.6) is 0 Å². The molecule has 196 valence electrons.